The minimum atomic E-state index is -1.00. The molecule has 0 unspecified atom stereocenters. The number of hydrogen-bond acceptors (Lipinski definition) is 7. The van der Waals surface area contributed by atoms with Gasteiger partial charge in [-0.05, 0) is 46.5 Å². The first kappa shape index (κ1) is 45.8. The Kier molecular flexibility index (Phi) is 36.5. The first-order valence-corrected chi connectivity index (χ1v) is 11.5. The smallest absolute Gasteiger partial charge is 0.330 e. The average Bonchev–Trinajstić information content (AvgIpc) is 2.79. The molecule has 0 saturated carbocycles. The molecular weight excluding hydrogens is 599 g/mol. The maximum atomic E-state index is 10.2. The second-order valence-electron chi connectivity index (χ2n) is 7.45. The van der Waals surface area contributed by atoms with Crippen LogP contribution in [0.5, 0.6) is 0 Å². The van der Waals surface area contributed by atoms with Gasteiger partial charge in [0.15, 0.2) is 0 Å². The van der Waals surface area contributed by atoms with Crippen molar-refractivity contribution in [1.82, 2.24) is 0 Å². The van der Waals surface area contributed by atoms with Gasteiger partial charge in [0.05, 0.1) is 0 Å². The molecule has 0 aliphatic heterocycles. The molecule has 0 saturated heterocycles. The largest absolute Gasteiger partial charge is 0.481 e. The predicted molar refractivity (Wildman–Crippen MR) is 137 cm³/mol. The van der Waals surface area contributed by atoms with E-state index >= 15 is 0 Å². The summed E-state index contributed by atoms with van der Waals surface area (Å²) < 4.78 is 0. The Bertz CT molecular complexity index is 736. The molecule has 0 aliphatic carbocycles. The summed E-state index contributed by atoms with van der Waals surface area (Å²) in [5, 5.41) is 57.6. The zero-order valence-electron chi connectivity index (χ0n) is 22.7. The average molecular weight is 640 g/mol. The summed E-state index contributed by atoms with van der Waals surface area (Å²) in [5.74, 6) is -5.76. The third-order valence-corrected chi connectivity index (χ3v) is 3.95. The molecule has 0 fully saturated rings. The van der Waals surface area contributed by atoms with Crippen LogP contribution in [0.15, 0.2) is 34.9 Å². The standard InChI is InChI=1S/3C7H10O4.C4H10O.Zr/c3*1-5(7(10)11)3-2-4-6(8)9;1-2-3-4-5;/h3*3H,2,4H2,1H3,(H,8,9)(H,10,11);5H,2-4H2,1H3;. The van der Waals surface area contributed by atoms with Crippen molar-refractivity contribution in [2.45, 2.75) is 79.1 Å². The molecule has 0 aromatic heterocycles. The summed E-state index contributed by atoms with van der Waals surface area (Å²) in [6, 6.07) is 0. The summed E-state index contributed by atoms with van der Waals surface area (Å²) in [4.78, 5) is 60.4. The van der Waals surface area contributed by atoms with E-state index < -0.39 is 35.8 Å². The van der Waals surface area contributed by atoms with Crippen LogP contribution in [0.3, 0.4) is 0 Å². The van der Waals surface area contributed by atoms with Crippen LogP contribution in [0.2, 0.25) is 0 Å². The molecule has 14 heteroatoms. The molecule has 0 heterocycles. The van der Waals surface area contributed by atoms with Crippen molar-refractivity contribution in [2.75, 3.05) is 6.61 Å². The number of allylic oxidation sites excluding steroid dienone is 3. The summed E-state index contributed by atoms with van der Waals surface area (Å²) >= 11 is 0. The van der Waals surface area contributed by atoms with E-state index in [1.165, 1.54) is 39.0 Å². The molecule has 0 spiro atoms. The van der Waals surface area contributed by atoms with E-state index in [-0.39, 0.29) is 81.4 Å². The molecule has 0 aromatic rings. The van der Waals surface area contributed by atoms with Crippen LogP contribution in [-0.4, -0.2) is 78.2 Å². The fourth-order valence-electron chi connectivity index (χ4n) is 1.66. The van der Waals surface area contributed by atoms with Crippen LogP contribution in [0.1, 0.15) is 79.1 Å². The van der Waals surface area contributed by atoms with Gasteiger partial charge >= 0.3 is 35.8 Å². The number of carbonyl (C=O) groups is 6. The van der Waals surface area contributed by atoms with Gasteiger partial charge in [-0.15, -0.1) is 0 Å². The summed E-state index contributed by atoms with van der Waals surface area (Å²) in [7, 11) is 0. The minimum Gasteiger partial charge on any atom is -0.481 e. The van der Waals surface area contributed by atoms with Crippen LogP contribution < -0.4 is 0 Å². The van der Waals surface area contributed by atoms with E-state index in [2.05, 4.69) is 6.92 Å². The molecule has 0 rings (SSSR count). The van der Waals surface area contributed by atoms with E-state index in [1.54, 1.807) is 0 Å². The monoisotopic (exact) mass is 638 g/mol. The summed E-state index contributed by atoms with van der Waals surface area (Å²) in [5.41, 5.74) is 0.559. The predicted octanol–water partition coefficient (Wildman–Crippen LogP) is 3.42. The van der Waals surface area contributed by atoms with Crippen molar-refractivity contribution in [3.8, 4) is 0 Å². The molecule has 13 nitrogen and oxygen atoms in total. The summed E-state index contributed by atoms with van der Waals surface area (Å²) in [6.07, 6.45) is 6.98. The zero-order chi connectivity index (χ0) is 30.7. The van der Waals surface area contributed by atoms with Crippen molar-refractivity contribution in [1.29, 1.82) is 0 Å². The van der Waals surface area contributed by atoms with E-state index in [9.17, 15) is 28.8 Å². The molecule has 0 amide bonds. The van der Waals surface area contributed by atoms with Gasteiger partial charge < -0.3 is 35.7 Å². The zero-order valence-corrected chi connectivity index (χ0v) is 25.1. The Morgan fingerprint density at radius 1 is 0.538 bits per heavy atom. The second kappa shape index (κ2) is 31.1. The van der Waals surface area contributed by atoms with Gasteiger partial charge in [-0.2, -0.15) is 0 Å². The van der Waals surface area contributed by atoms with Crippen molar-refractivity contribution in [3.63, 3.8) is 0 Å². The molecule has 0 bridgehead atoms. The van der Waals surface area contributed by atoms with Gasteiger partial charge in [-0.1, -0.05) is 31.6 Å². The number of carboxylic acid groups (broad SMARTS) is 6. The van der Waals surface area contributed by atoms with Crippen molar-refractivity contribution >= 4 is 35.8 Å². The third-order valence-electron chi connectivity index (χ3n) is 3.95. The fraction of sp³-hybridized carbons (Fsp3) is 0.520. The number of aliphatic hydroxyl groups is 1. The van der Waals surface area contributed by atoms with Crippen molar-refractivity contribution < 1.29 is 90.7 Å². The van der Waals surface area contributed by atoms with E-state index in [0.717, 1.165) is 12.8 Å². The Balaban J connectivity index is -0.000000135. The first-order chi connectivity index (χ1) is 17.5. The normalized spacial score (nSPS) is 10.5. The minimum absolute atomic E-state index is 0. The first-order valence-electron chi connectivity index (χ1n) is 11.5. The Labute approximate surface area is 246 Å². The van der Waals surface area contributed by atoms with E-state index in [4.69, 9.17) is 35.7 Å². The molecule has 0 aliphatic rings. The molecule has 39 heavy (non-hydrogen) atoms. The second-order valence-corrected chi connectivity index (χ2v) is 7.45. The SMILES string of the molecule is CC(=CCCC(=O)O)C(=O)O.CC(=CCCC(=O)O)C(=O)O.CC(=CCCC(=O)O)C(=O)O.CCCCO.[Zr]. The Morgan fingerprint density at radius 3 is 0.872 bits per heavy atom. The molecule has 0 atom stereocenters. The molecular formula is C25H40O13Zr. The van der Waals surface area contributed by atoms with Gasteiger partial charge in [-0.25, -0.2) is 14.4 Å². The van der Waals surface area contributed by atoms with Gasteiger partial charge in [-0.3, -0.25) is 14.4 Å². The molecule has 7 N–H and O–H groups in total. The topological polar surface area (TPSA) is 244 Å². The van der Waals surface area contributed by atoms with Crippen LogP contribution >= 0.6 is 0 Å². The summed E-state index contributed by atoms with van der Waals surface area (Å²) in [6.45, 7) is 6.70. The third kappa shape index (κ3) is 45.2. The van der Waals surface area contributed by atoms with Crippen LogP contribution in [-0.2, 0) is 55.0 Å². The van der Waals surface area contributed by atoms with Gasteiger partial charge in [0.25, 0.3) is 0 Å². The number of aliphatic hydroxyl groups excluding tert-OH is 1. The number of rotatable bonds is 14. The Morgan fingerprint density at radius 2 is 0.769 bits per heavy atom. The van der Waals surface area contributed by atoms with E-state index in [1.807, 2.05) is 0 Å². The van der Waals surface area contributed by atoms with Crippen LogP contribution in [0.25, 0.3) is 0 Å². The number of carboxylic acids is 6. The van der Waals surface area contributed by atoms with Gasteiger partial charge in [0, 0.05) is 68.8 Å². The molecule has 222 valence electrons. The maximum absolute atomic E-state index is 10.2. The van der Waals surface area contributed by atoms with Crippen molar-refractivity contribution in [2.24, 2.45) is 0 Å². The van der Waals surface area contributed by atoms with Gasteiger partial charge in [0.2, 0.25) is 0 Å². The number of aliphatic carboxylic acids is 6. The van der Waals surface area contributed by atoms with Crippen LogP contribution in [0, 0.1) is 0 Å². The quantitative estimate of drug-likeness (QED) is 0.135. The van der Waals surface area contributed by atoms with Gasteiger partial charge in [0.1, 0.15) is 0 Å². The molecule has 0 radical (unpaired) electrons. The maximum Gasteiger partial charge on any atom is 0.330 e. The molecule has 0 aromatic carbocycles. The van der Waals surface area contributed by atoms with E-state index in [0.29, 0.717) is 6.61 Å². The fourth-order valence-corrected chi connectivity index (χ4v) is 1.66. The number of hydrogen-bond donors (Lipinski definition) is 7. The van der Waals surface area contributed by atoms with Crippen LogP contribution in [0.4, 0.5) is 0 Å². The Hall–Kier alpha value is -3.12. The number of unbranched alkanes of at least 4 members (excludes halogenated alkanes) is 1. The van der Waals surface area contributed by atoms with Crippen molar-refractivity contribution in [3.05, 3.63) is 34.9 Å².